The van der Waals surface area contributed by atoms with Crippen molar-refractivity contribution >= 4 is 0 Å². The summed E-state index contributed by atoms with van der Waals surface area (Å²) >= 11 is 0. The molecule has 0 saturated carbocycles. The molecule has 0 spiro atoms. The van der Waals surface area contributed by atoms with Crippen molar-refractivity contribution in [3.05, 3.63) is 23.6 Å². The van der Waals surface area contributed by atoms with Crippen LogP contribution in [0.25, 0.3) is 0 Å². The number of rotatable bonds is 2. The predicted molar refractivity (Wildman–Crippen MR) is 46.3 cm³/mol. The minimum absolute atomic E-state index is 0.329. The molecular formula is C9H15NO. The fraction of sp³-hybridized carbons (Fsp3) is 0.556. The molecule has 2 nitrogen and oxygen atoms in total. The third kappa shape index (κ3) is 1.56. The van der Waals surface area contributed by atoms with E-state index in [1.165, 1.54) is 12.0 Å². The van der Waals surface area contributed by atoms with E-state index in [4.69, 9.17) is 5.11 Å². The number of nitrogens with one attached hydrogen (secondary N) is 1. The molecule has 11 heavy (non-hydrogen) atoms. The molecule has 62 valence electrons. The molecule has 1 aliphatic rings. The Morgan fingerprint density at radius 3 is 2.73 bits per heavy atom. The third-order valence-electron chi connectivity index (χ3n) is 2.04. The van der Waals surface area contributed by atoms with E-state index in [2.05, 4.69) is 19.2 Å². The van der Waals surface area contributed by atoms with Crippen molar-refractivity contribution in [3.63, 3.8) is 0 Å². The van der Waals surface area contributed by atoms with Crippen molar-refractivity contribution in [2.45, 2.75) is 32.7 Å². The molecule has 2 N–H and O–H groups in total. The Kier molecular flexibility index (Phi) is 2.58. The van der Waals surface area contributed by atoms with Crippen LogP contribution >= 0.6 is 0 Å². The number of hydrogen-bond donors (Lipinski definition) is 2. The van der Waals surface area contributed by atoms with Gasteiger partial charge in [-0.25, -0.2) is 0 Å². The van der Waals surface area contributed by atoms with E-state index in [0.29, 0.717) is 6.04 Å². The Morgan fingerprint density at radius 1 is 1.64 bits per heavy atom. The molecule has 0 saturated heterocycles. The lowest BCUT2D eigenvalue weighted by Gasteiger charge is -2.10. The van der Waals surface area contributed by atoms with Gasteiger partial charge in [-0.1, -0.05) is 13.8 Å². The summed E-state index contributed by atoms with van der Waals surface area (Å²) in [5, 5.41) is 12.2. The van der Waals surface area contributed by atoms with E-state index in [1.54, 1.807) is 0 Å². The Morgan fingerprint density at radius 2 is 2.36 bits per heavy atom. The zero-order valence-corrected chi connectivity index (χ0v) is 7.09. The molecule has 1 unspecified atom stereocenters. The molecule has 0 radical (unpaired) electrons. The van der Waals surface area contributed by atoms with Gasteiger partial charge in [0, 0.05) is 11.3 Å². The van der Waals surface area contributed by atoms with Crippen molar-refractivity contribution in [1.29, 1.82) is 0 Å². The maximum absolute atomic E-state index is 8.83. The van der Waals surface area contributed by atoms with Gasteiger partial charge in [0.15, 0.2) is 0 Å². The van der Waals surface area contributed by atoms with E-state index >= 15 is 0 Å². The molecule has 0 aromatic carbocycles. The van der Waals surface area contributed by atoms with Gasteiger partial charge in [0.25, 0.3) is 0 Å². The zero-order chi connectivity index (χ0) is 8.27. The highest BCUT2D eigenvalue weighted by Gasteiger charge is 2.17. The molecule has 0 aromatic heterocycles. The molecule has 0 fully saturated rings. The van der Waals surface area contributed by atoms with E-state index in [0.717, 1.165) is 18.4 Å². The van der Waals surface area contributed by atoms with Crippen LogP contribution in [0.5, 0.6) is 0 Å². The average Bonchev–Trinajstić information content (AvgIpc) is 2.46. The molecular weight excluding hydrogens is 138 g/mol. The number of aliphatic hydroxyl groups is 1. The molecule has 2 heteroatoms. The van der Waals surface area contributed by atoms with E-state index in [-0.39, 0.29) is 0 Å². The van der Waals surface area contributed by atoms with Crippen LogP contribution in [0.1, 0.15) is 26.7 Å². The highest BCUT2D eigenvalue weighted by Crippen LogP contribution is 2.19. The molecule has 0 amide bonds. The van der Waals surface area contributed by atoms with Gasteiger partial charge in [0.2, 0.25) is 0 Å². The monoisotopic (exact) mass is 153 g/mol. The smallest absolute Gasteiger partial charge is 0.0845 e. The van der Waals surface area contributed by atoms with E-state index in [9.17, 15) is 0 Å². The van der Waals surface area contributed by atoms with Crippen LogP contribution in [0.15, 0.2) is 23.6 Å². The van der Waals surface area contributed by atoms with Gasteiger partial charge in [-0.15, -0.1) is 0 Å². The minimum atomic E-state index is 0.329. The molecule has 1 rings (SSSR count). The lowest BCUT2D eigenvalue weighted by atomic mass is 10.1. The van der Waals surface area contributed by atoms with Crippen LogP contribution in [-0.4, -0.2) is 11.1 Å². The first-order valence-corrected chi connectivity index (χ1v) is 4.13. The minimum Gasteiger partial charge on any atom is -0.515 e. The van der Waals surface area contributed by atoms with Gasteiger partial charge in [0.05, 0.1) is 12.3 Å². The number of hydrogen-bond acceptors (Lipinski definition) is 2. The number of allylic oxidation sites excluding steroid dienone is 1. The normalized spacial score (nSPS) is 26.9. The maximum Gasteiger partial charge on any atom is 0.0845 e. The first kappa shape index (κ1) is 8.18. The third-order valence-corrected chi connectivity index (χ3v) is 2.04. The summed E-state index contributed by atoms with van der Waals surface area (Å²) in [6, 6.07) is 0.329. The first-order chi connectivity index (χ1) is 5.31. The highest BCUT2D eigenvalue weighted by molar-refractivity contribution is 5.33. The van der Waals surface area contributed by atoms with Gasteiger partial charge in [-0.3, -0.25) is 0 Å². The molecule has 1 atom stereocenters. The van der Waals surface area contributed by atoms with Crippen LogP contribution in [0, 0.1) is 0 Å². The van der Waals surface area contributed by atoms with Crippen molar-refractivity contribution in [2.75, 3.05) is 0 Å². The highest BCUT2D eigenvalue weighted by atomic mass is 16.2. The Balaban J connectivity index is 2.69. The first-order valence-electron chi connectivity index (χ1n) is 4.13. The fourth-order valence-corrected chi connectivity index (χ4v) is 1.32. The van der Waals surface area contributed by atoms with Crippen LogP contribution in [0.3, 0.4) is 0 Å². The van der Waals surface area contributed by atoms with Crippen LogP contribution < -0.4 is 5.32 Å². The lowest BCUT2D eigenvalue weighted by molar-refractivity contribution is 0.461. The van der Waals surface area contributed by atoms with Crippen molar-refractivity contribution in [1.82, 2.24) is 5.32 Å². The quantitative estimate of drug-likeness (QED) is 0.595. The van der Waals surface area contributed by atoms with Crippen molar-refractivity contribution in [2.24, 2.45) is 0 Å². The summed E-state index contributed by atoms with van der Waals surface area (Å²) < 4.78 is 0. The largest absolute Gasteiger partial charge is 0.515 e. The van der Waals surface area contributed by atoms with E-state index in [1.807, 2.05) is 6.08 Å². The van der Waals surface area contributed by atoms with Gasteiger partial charge in [-0.05, 0) is 18.9 Å². The summed E-state index contributed by atoms with van der Waals surface area (Å²) in [7, 11) is 0. The van der Waals surface area contributed by atoms with Crippen LogP contribution in [0.4, 0.5) is 0 Å². The molecule has 0 bridgehead atoms. The Hall–Kier alpha value is -0.920. The Bertz CT molecular complexity index is 194. The van der Waals surface area contributed by atoms with Crippen molar-refractivity contribution in [3.8, 4) is 0 Å². The second kappa shape index (κ2) is 3.46. The van der Waals surface area contributed by atoms with Gasteiger partial charge in [-0.2, -0.15) is 0 Å². The van der Waals surface area contributed by atoms with E-state index < -0.39 is 0 Å². The zero-order valence-electron chi connectivity index (χ0n) is 7.09. The van der Waals surface area contributed by atoms with Gasteiger partial charge >= 0.3 is 0 Å². The predicted octanol–water partition coefficient (Wildman–Crippen LogP) is 2.10. The van der Waals surface area contributed by atoms with Crippen LogP contribution in [0.2, 0.25) is 0 Å². The molecule has 1 heterocycles. The molecule has 0 aliphatic carbocycles. The molecule has 0 aromatic rings. The van der Waals surface area contributed by atoms with Gasteiger partial charge < -0.3 is 10.4 Å². The lowest BCUT2D eigenvalue weighted by Crippen LogP contribution is -2.22. The van der Waals surface area contributed by atoms with Crippen molar-refractivity contribution < 1.29 is 5.11 Å². The average molecular weight is 153 g/mol. The summed E-state index contributed by atoms with van der Waals surface area (Å²) in [5.41, 5.74) is 2.22. The second-order valence-electron chi connectivity index (χ2n) is 2.76. The number of aliphatic hydroxyl groups excluding tert-OH is 1. The van der Waals surface area contributed by atoms with Gasteiger partial charge in [0.1, 0.15) is 0 Å². The second-order valence-corrected chi connectivity index (χ2v) is 2.76. The Labute approximate surface area is 67.6 Å². The topological polar surface area (TPSA) is 32.3 Å². The standard InChI is InChI=1S/C9H15NO/c1-3-8-5-7(6-11)9(4-2)10-8/h5-6,9-11H,3-4H2,1-2H3. The summed E-state index contributed by atoms with van der Waals surface area (Å²) in [5.74, 6) is 0. The summed E-state index contributed by atoms with van der Waals surface area (Å²) in [6.45, 7) is 4.21. The van der Waals surface area contributed by atoms with Crippen LogP contribution in [-0.2, 0) is 0 Å². The summed E-state index contributed by atoms with van der Waals surface area (Å²) in [6.07, 6.45) is 5.25. The SMILES string of the molecule is CCC1=CC(=CO)C(CC)N1. The summed E-state index contributed by atoms with van der Waals surface area (Å²) in [4.78, 5) is 0. The molecule has 1 aliphatic heterocycles. The fourth-order valence-electron chi connectivity index (χ4n) is 1.32. The maximum atomic E-state index is 8.83.